The lowest BCUT2D eigenvalue weighted by atomic mass is 10.1. The average molecular weight is 260 g/mol. The fourth-order valence-electron chi connectivity index (χ4n) is 1.59. The van der Waals surface area contributed by atoms with Crippen LogP contribution in [0.5, 0.6) is 11.5 Å². The van der Waals surface area contributed by atoms with Gasteiger partial charge in [-0.15, -0.1) is 0 Å². The summed E-state index contributed by atoms with van der Waals surface area (Å²) in [5, 5.41) is 0. The topological polar surface area (TPSA) is 61.8 Å². The van der Waals surface area contributed by atoms with Crippen LogP contribution < -0.4 is 9.47 Å². The van der Waals surface area contributed by atoms with E-state index in [1.54, 1.807) is 19.1 Å². The Bertz CT molecular complexity index is 565. The summed E-state index contributed by atoms with van der Waals surface area (Å²) in [5.74, 6) is 6.13. The molecule has 98 valence electrons. The van der Waals surface area contributed by atoms with Gasteiger partial charge in [0.15, 0.2) is 17.8 Å². The molecule has 0 fully saturated rings. The van der Waals surface area contributed by atoms with Crippen molar-refractivity contribution in [2.75, 3.05) is 13.4 Å². The van der Waals surface area contributed by atoms with Gasteiger partial charge in [-0.1, -0.05) is 11.8 Å². The number of benzene rings is 1. The summed E-state index contributed by atoms with van der Waals surface area (Å²) in [6, 6.07) is 3.20. The molecule has 19 heavy (non-hydrogen) atoms. The molecule has 0 spiro atoms. The Morgan fingerprint density at radius 2 is 2.16 bits per heavy atom. The van der Waals surface area contributed by atoms with Crippen LogP contribution in [0.4, 0.5) is 0 Å². The molecule has 1 aromatic rings. The molecule has 1 aliphatic rings. The smallest absolute Gasteiger partial charge is 0.317 e. The molecule has 5 heteroatoms. The second kappa shape index (κ2) is 5.91. The first-order chi connectivity index (χ1) is 9.24. The van der Waals surface area contributed by atoms with Crippen LogP contribution in [0.1, 0.15) is 29.3 Å². The van der Waals surface area contributed by atoms with Gasteiger partial charge in [0.25, 0.3) is 0 Å². The Hall–Kier alpha value is -2.48. The number of fused-ring (bicyclic) bond motifs is 1. The first kappa shape index (κ1) is 13.0. The van der Waals surface area contributed by atoms with Crippen LogP contribution in [0.25, 0.3) is 0 Å². The highest BCUT2D eigenvalue weighted by Crippen LogP contribution is 2.34. The Morgan fingerprint density at radius 3 is 2.84 bits per heavy atom. The van der Waals surface area contributed by atoms with Crippen molar-refractivity contribution in [2.24, 2.45) is 0 Å². The zero-order valence-electron chi connectivity index (χ0n) is 10.4. The Labute approximate surface area is 110 Å². The van der Waals surface area contributed by atoms with E-state index < -0.39 is 0 Å². The van der Waals surface area contributed by atoms with E-state index in [-0.39, 0.29) is 19.2 Å². The van der Waals surface area contributed by atoms with Crippen LogP contribution in [0, 0.1) is 11.8 Å². The first-order valence-electron chi connectivity index (χ1n) is 5.78. The average Bonchev–Trinajstić information content (AvgIpc) is 2.85. The lowest BCUT2D eigenvalue weighted by Gasteiger charge is -2.00. The van der Waals surface area contributed by atoms with Crippen molar-refractivity contribution in [2.45, 2.75) is 13.3 Å². The summed E-state index contributed by atoms with van der Waals surface area (Å²) in [6.07, 6.45) is 0.677. The molecule has 0 N–H and O–H groups in total. The molecule has 0 saturated heterocycles. The number of ether oxygens (including phenoxy) is 3. The van der Waals surface area contributed by atoms with E-state index in [4.69, 9.17) is 14.2 Å². The number of aldehydes is 1. The van der Waals surface area contributed by atoms with Crippen molar-refractivity contribution in [3.8, 4) is 23.3 Å². The van der Waals surface area contributed by atoms with Crippen molar-refractivity contribution < 1.29 is 23.8 Å². The fourth-order valence-corrected chi connectivity index (χ4v) is 1.59. The second-order valence-electron chi connectivity index (χ2n) is 3.69. The normalized spacial score (nSPS) is 11.4. The Balaban J connectivity index is 2.18. The molecule has 0 radical (unpaired) electrons. The minimum Gasteiger partial charge on any atom is -0.465 e. The number of rotatable bonds is 3. The Kier molecular flexibility index (Phi) is 4.04. The third kappa shape index (κ3) is 3.05. The predicted octanol–water partition coefficient (Wildman–Crippen LogP) is 1.53. The maximum Gasteiger partial charge on any atom is 0.317 e. The highest BCUT2D eigenvalue weighted by Gasteiger charge is 2.16. The standard InChI is InChI=1S/C14H12O5/c1-2-17-14(16)5-3-4-10-6-12-13(19-9-18-12)7-11(10)8-15/h6-8H,2,5,9H2,1H3. The van der Waals surface area contributed by atoms with E-state index in [0.717, 1.165) is 0 Å². The molecular formula is C14H12O5. The van der Waals surface area contributed by atoms with Gasteiger partial charge in [-0.2, -0.15) is 0 Å². The molecule has 2 rings (SSSR count). The van der Waals surface area contributed by atoms with Crippen molar-refractivity contribution in [1.82, 2.24) is 0 Å². The molecule has 0 unspecified atom stereocenters. The number of carbonyl (C=O) groups is 2. The van der Waals surface area contributed by atoms with Gasteiger partial charge >= 0.3 is 5.97 Å². The van der Waals surface area contributed by atoms with Crippen LogP contribution in [0.15, 0.2) is 12.1 Å². The van der Waals surface area contributed by atoms with Gasteiger partial charge in [0, 0.05) is 17.2 Å². The monoisotopic (exact) mass is 260 g/mol. The number of carbonyl (C=O) groups excluding carboxylic acids is 2. The molecule has 1 aromatic carbocycles. The van der Waals surface area contributed by atoms with Gasteiger partial charge in [0.05, 0.1) is 6.61 Å². The fraction of sp³-hybridized carbons (Fsp3) is 0.286. The van der Waals surface area contributed by atoms with Crippen molar-refractivity contribution in [3.63, 3.8) is 0 Å². The SMILES string of the molecule is CCOC(=O)CC#Cc1cc2c(cc1C=O)OCO2. The predicted molar refractivity (Wildman–Crippen MR) is 66.1 cm³/mol. The zero-order valence-corrected chi connectivity index (χ0v) is 10.4. The molecule has 0 saturated carbocycles. The van der Waals surface area contributed by atoms with Gasteiger partial charge in [-0.05, 0) is 13.0 Å². The molecule has 1 aliphatic heterocycles. The van der Waals surface area contributed by atoms with E-state index in [1.165, 1.54) is 0 Å². The van der Waals surface area contributed by atoms with Gasteiger partial charge < -0.3 is 14.2 Å². The van der Waals surface area contributed by atoms with E-state index >= 15 is 0 Å². The van der Waals surface area contributed by atoms with Gasteiger partial charge in [0.1, 0.15) is 6.42 Å². The number of esters is 1. The Morgan fingerprint density at radius 1 is 1.42 bits per heavy atom. The quantitative estimate of drug-likeness (QED) is 0.468. The zero-order chi connectivity index (χ0) is 13.7. The van der Waals surface area contributed by atoms with Gasteiger partial charge in [-0.3, -0.25) is 9.59 Å². The molecule has 0 atom stereocenters. The lowest BCUT2D eigenvalue weighted by molar-refractivity contribution is -0.141. The summed E-state index contributed by atoms with van der Waals surface area (Å²) in [6.45, 7) is 2.19. The maximum absolute atomic E-state index is 11.1. The van der Waals surface area contributed by atoms with Gasteiger partial charge in [0.2, 0.25) is 6.79 Å². The second-order valence-corrected chi connectivity index (χ2v) is 3.69. The molecule has 0 aromatic heterocycles. The van der Waals surface area contributed by atoms with Crippen molar-refractivity contribution >= 4 is 12.3 Å². The summed E-state index contributed by atoms with van der Waals surface area (Å²) >= 11 is 0. The third-order valence-electron chi connectivity index (χ3n) is 2.43. The highest BCUT2D eigenvalue weighted by atomic mass is 16.7. The van der Waals surface area contributed by atoms with Crippen molar-refractivity contribution in [1.29, 1.82) is 0 Å². The molecule has 1 heterocycles. The van der Waals surface area contributed by atoms with E-state index in [0.29, 0.717) is 35.5 Å². The highest BCUT2D eigenvalue weighted by molar-refractivity contribution is 5.82. The third-order valence-corrected chi connectivity index (χ3v) is 2.43. The summed E-state index contributed by atoms with van der Waals surface area (Å²) in [4.78, 5) is 22.1. The summed E-state index contributed by atoms with van der Waals surface area (Å²) in [5.41, 5.74) is 0.907. The van der Waals surface area contributed by atoms with Crippen LogP contribution in [0.3, 0.4) is 0 Å². The lowest BCUT2D eigenvalue weighted by Crippen LogP contribution is -2.01. The molecule has 0 aliphatic carbocycles. The molecule has 5 nitrogen and oxygen atoms in total. The number of hydrogen-bond acceptors (Lipinski definition) is 5. The number of hydrogen-bond donors (Lipinski definition) is 0. The van der Waals surface area contributed by atoms with E-state index in [2.05, 4.69) is 11.8 Å². The molecular weight excluding hydrogens is 248 g/mol. The summed E-state index contributed by atoms with van der Waals surface area (Å²) < 4.78 is 15.1. The van der Waals surface area contributed by atoms with Crippen molar-refractivity contribution in [3.05, 3.63) is 23.3 Å². The van der Waals surface area contributed by atoms with Crippen LogP contribution in [-0.2, 0) is 9.53 Å². The largest absolute Gasteiger partial charge is 0.465 e. The van der Waals surface area contributed by atoms with E-state index in [1.807, 2.05) is 0 Å². The maximum atomic E-state index is 11.1. The summed E-state index contributed by atoms with van der Waals surface area (Å²) in [7, 11) is 0. The van der Waals surface area contributed by atoms with Crippen LogP contribution in [-0.4, -0.2) is 25.7 Å². The minimum absolute atomic E-state index is 0.0133. The first-order valence-corrected chi connectivity index (χ1v) is 5.78. The van der Waals surface area contributed by atoms with Crippen LogP contribution >= 0.6 is 0 Å². The molecule has 0 amide bonds. The minimum atomic E-state index is -0.386. The van der Waals surface area contributed by atoms with Gasteiger partial charge in [-0.25, -0.2) is 0 Å². The molecule has 0 bridgehead atoms. The van der Waals surface area contributed by atoms with Crippen LogP contribution in [0.2, 0.25) is 0 Å². The van der Waals surface area contributed by atoms with E-state index in [9.17, 15) is 9.59 Å².